The first-order valence-corrected chi connectivity index (χ1v) is 7.26. The minimum atomic E-state index is -0.808. The predicted molar refractivity (Wildman–Crippen MR) is 77.5 cm³/mol. The summed E-state index contributed by atoms with van der Waals surface area (Å²) in [6.07, 6.45) is 3.49. The van der Waals surface area contributed by atoms with Gasteiger partial charge in [-0.15, -0.1) is 0 Å². The van der Waals surface area contributed by atoms with Gasteiger partial charge in [0.15, 0.2) is 0 Å². The van der Waals surface area contributed by atoms with Gasteiger partial charge in [0.2, 0.25) is 5.91 Å². The average molecular weight is 278 g/mol. The lowest BCUT2D eigenvalue weighted by Gasteiger charge is -2.36. The number of nitrogens with two attached hydrogens (primary N) is 1. The molecule has 0 bridgehead atoms. The maximum absolute atomic E-state index is 13.7. The molecule has 0 radical (unpaired) electrons. The number of benzene rings is 1. The summed E-state index contributed by atoms with van der Waals surface area (Å²) in [5.41, 5.74) is 5.94. The lowest BCUT2D eigenvalue weighted by atomic mass is 9.76. The lowest BCUT2D eigenvalue weighted by molar-refractivity contribution is -0.128. The molecule has 4 heteroatoms. The molecule has 1 aliphatic carbocycles. The summed E-state index contributed by atoms with van der Waals surface area (Å²) in [7, 11) is 0. The van der Waals surface area contributed by atoms with Crippen molar-refractivity contribution in [3.8, 4) is 0 Å². The molecule has 3 N–H and O–H groups in total. The van der Waals surface area contributed by atoms with E-state index in [2.05, 4.69) is 12.2 Å². The fraction of sp³-hybridized carbons (Fsp3) is 0.562. The monoisotopic (exact) mass is 278 g/mol. The molecule has 1 aromatic rings. The third kappa shape index (κ3) is 3.18. The number of carbonyl (C=O) groups is 1. The van der Waals surface area contributed by atoms with Gasteiger partial charge in [-0.2, -0.15) is 0 Å². The summed E-state index contributed by atoms with van der Waals surface area (Å²) in [6.45, 7) is 3.90. The van der Waals surface area contributed by atoms with Crippen molar-refractivity contribution < 1.29 is 9.18 Å². The highest BCUT2D eigenvalue weighted by atomic mass is 19.1. The van der Waals surface area contributed by atoms with Crippen LogP contribution in [0.4, 0.5) is 4.39 Å². The van der Waals surface area contributed by atoms with Gasteiger partial charge >= 0.3 is 0 Å². The van der Waals surface area contributed by atoms with E-state index in [-0.39, 0.29) is 17.8 Å². The van der Waals surface area contributed by atoms with Crippen LogP contribution in [0.3, 0.4) is 0 Å². The molecule has 0 spiro atoms. The first kappa shape index (κ1) is 15.0. The van der Waals surface area contributed by atoms with Gasteiger partial charge in [-0.3, -0.25) is 4.79 Å². The highest BCUT2D eigenvalue weighted by molar-refractivity contribution is 5.86. The fourth-order valence-electron chi connectivity index (χ4n) is 3.04. The smallest absolute Gasteiger partial charge is 0.240 e. The van der Waals surface area contributed by atoms with E-state index in [0.29, 0.717) is 24.3 Å². The Morgan fingerprint density at radius 1 is 1.50 bits per heavy atom. The highest BCUT2D eigenvalue weighted by Gasteiger charge is 2.38. The molecule has 3 atom stereocenters. The number of halogens is 1. The molecule has 1 fully saturated rings. The van der Waals surface area contributed by atoms with Crippen LogP contribution < -0.4 is 11.1 Å². The molecule has 0 heterocycles. The third-order valence-electron chi connectivity index (χ3n) is 4.20. The zero-order valence-corrected chi connectivity index (χ0v) is 12.2. The fourth-order valence-corrected chi connectivity index (χ4v) is 3.04. The molecule has 3 nitrogen and oxygen atoms in total. The van der Waals surface area contributed by atoms with Crippen LogP contribution in [-0.2, 0) is 4.79 Å². The normalized spacial score (nSPS) is 27.9. The van der Waals surface area contributed by atoms with Gasteiger partial charge in [-0.1, -0.05) is 38.0 Å². The van der Waals surface area contributed by atoms with Crippen molar-refractivity contribution >= 4 is 5.91 Å². The third-order valence-corrected chi connectivity index (χ3v) is 4.20. The first-order chi connectivity index (χ1) is 9.42. The van der Waals surface area contributed by atoms with Gasteiger partial charge in [0.05, 0.1) is 11.6 Å². The second kappa shape index (κ2) is 5.92. The van der Waals surface area contributed by atoms with E-state index in [4.69, 9.17) is 5.73 Å². The molecule has 110 valence electrons. The van der Waals surface area contributed by atoms with Crippen molar-refractivity contribution in [2.24, 2.45) is 11.7 Å². The van der Waals surface area contributed by atoms with E-state index in [1.165, 1.54) is 6.07 Å². The van der Waals surface area contributed by atoms with Crippen LogP contribution in [0, 0.1) is 11.7 Å². The van der Waals surface area contributed by atoms with Crippen molar-refractivity contribution in [2.45, 2.75) is 51.1 Å². The molecular weight excluding hydrogens is 255 g/mol. The summed E-state index contributed by atoms with van der Waals surface area (Å²) < 4.78 is 13.7. The highest BCUT2D eigenvalue weighted by Crippen LogP contribution is 2.31. The molecule has 20 heavy (non-hydrogen) atoms. The standard InChI is InChI=1S/C16H23FN2O/c1-11-6-5-9-16(18,10-11)15(20)19-12(2)13-7-3-4-8-14(13)17/h3-4,7-8,11-12H,5-6,9-10,18H2,1-2H3,(H,19,20)/t11?,12-,16?/m1/s1. The second-order valence-electron chi connectivity index (χ2n) is 6.07. The number of hydrogen-bond acceptors (Lipinski definition) is 2. The van der Waals surface area contributed by atoms with Crippen LogP contribution in [0.25, 0.3) is 0 Å². The Labute approximate surface area is 119 Å². The topological polar surface area (TPSA) is 55.1 Å². The van der Waals surface area contributed by atoms with Crippen molar-refractivity contribution in [2.75, 3.05) is 0 Å². The van der Waals surface area contributed by atoms with Gasteiger partial charge in [-0.05, 0) is 31.7 Å². The molecule has 1 saturated carbocycles. The largest absolute Gasteiger partial charge is 0.348 e. The average Bonchev–Trinajstić information content (AvgIpc) is 2.38. The molecule has 0 saturated heterocycles. The summed E-state index contributed by atoms with van der Waals surface area (Å²) in [5.74, 6) is -0.00791. The second-order valence-corrected chi connectivity index (χ2v) is 6.07. The Kier molecular flexibility index (Phi) is 4.43. The maximum Gasteiger partial charge on any atom is 0.240 e. The molecular formula is C16H23FN2O. The van der Waals surface area contributed by atoms with E-state index in [0.717, 1.165) is 12.8 Å². The zero-order valence-electron chi connectivity index (χ0n) is 12.2. The van der Waals surface area contributed by atoms with Crippen LogP contribution in [0.15, 0.2) is 24.3 Å². The molecule has 0 aromatic heterocycles. The summed E-state index contributed by atoms with van der Waals surface area (Å²) >= 11 is 0. The van der Waals surface area contributed by atoms with E-state index < -0.39 is 5.54 Å². The lowest BCUT2D eigenvalue weighted by Crippen LogP contribution is -2.56. The van der Waals surface area contributed by atoms with E-state index >= 15 is 0 Å². The van der Waals surface area contributed by atoms with Crippen molar-refractivity contribution in [3.63, 3.8) is 0 Å². The summed E-state index contributed by atoms with van der Waals surface area (Å²) in [5, 5.41) is 2.86. The Morgan fingerprint density at radius 3 is 2.85 bits per heavy atom. The number of nitrogens with one attached hydrogen (secondary N) is 1. The number of rotatable bonds is 3. The molecule has 2 rings (SSSR count). The van der Waals surface area contributed by atoms with Crippen LogP contribution in [0.5, 0.6) is 0 Å². The Balaban J connectivity index is 2.06. The molecule has 1 aliphatic rings. The van der Waals surface area contributed by atoms with E-state index in [1.807, 2.05) is 0 Å². The SMILES string of the molecule is CC1CCCC(N)(C(=O)N[C@H](C)c2ccccc2F)C1. The number of amides is 1. The minimum absolute atomic E-state index is 0.167. The van der Waals surface area contributed by atoms with Gasteiger partial charge in [0.1, 0.15) is 5.82 Å². The molecule has 1 aromatic carbocycles. The summed E-state index contributed by atoms with van der Waals surface area (Å²) in [6, 6.07) is 6.12. The quantitative estimate of drug-likeness (QED) is 0.893. The van der Waals surface area contributed by atoms with Crippen molar-refractivity contribution in [1.82, 2.24) is 5.32 Å². The van der Waals surface area contributed by atoms with E-state index in [9.17, 15) is 9.18 Å². The first-order valence-electron chi connectivity index (χ1n) is 7.26. The van der Waals surface area contributed by atoms with Crippen molar-refractivity contribution in [3.05, 3.63) is 35.6 Å². The minimum Gasteiger partial charge on any atom is -0.348 e. The Hall–Kier alpha value is -1.42. The zero-order chi connectivity index (χ0) is 14.8. The Bertz CT molecular complexity index is 491. The number of hydrogen-bond donors (Lipinski definition) is 2. The van der Waals surface area contributed by atoms with Crippen LogP contribution in [-0.4, -0.2) is 11.4 Å². The van der Waals surface area contributed by atoms with Gasteiger partial charge in [0.25, 0.3) is 0 Å². The van der Waals surface area contributed by atoms with Crippen LogP contribution in [0.1, 0.15) is 51.1 Å². The van der Waals surface area contributed by atoms with Gasteiger partial charge in [0, 0.05) is 5.56 Å². The molecule has 1 amide bonds. The number of carbonyl (C=O) groups excluding carboxylic acids is 1. The van der Waals surface area contributed by atoms with Crippen molar-refractivity contribution in [1.29, 1.82) is 0 Å². The Morgan fingerprint density at radius 2 is 2.20 bits per heavy atom. The van der Waals surface area contributed by atoms with Gasteiger partial charge < -0.3 is 11.1 Å². The van der Waals surface area contributed by atoms with Crippen LogP contribution in [0.2, 0.25) is 0 Å². The molecule has 0 aliphatic heterocycles. The predicted octanol–water partition coefficient (Wildman–Crippen LogP) is 2.91. The van der Waals surface area contributed by atoms with E-state index in [1.54, 1.807) is 25.1 Å². The van der Waals surface area contributed by atoms with Gasteiger partial charge in [-0.25, -0.2) is 4.39 Å². The van der Waals surface area contributed by atoms with Crippen LogP contribution >= 0.6 is 0 Å². The summed E-state index contributed by atoms with van der Waals surface area (Å²) in [4.78, 5) is 12.4. The molecule has 2 unspecified atom stereocenters. The maximum atomic E-state index is 13.7.